The van der Waals surface area contributed by atoms with Crippen molar-refractivity contribution in [1.82, 2.24) is 5.32 Å². The Kier molecular flexibility index (Phi) is 3.36. The number of benzene rings is 1. The van der Waals surface area contributed by atoms with Crippen molar-refractivity contribution in [3.8, 4) is 11.1 Å². The summed E-state index contributed by atoms with van der Waals surface area (Å²) in [5.74, 6) is -0.179. The van der Waals surface area contributed by atoms with E-state index in [2.05, 4.69) is 23.7 Å². The van der Waals surface area contributed by atoms with Gasteiger partial charge in [-0.3, -0.25) is 0 Å². The van der Waals surface area contributed by atoms with Gasteiger partial charge in [0.25, 0.3) is 0 Å². The van der Waals surface area contributed by atoms with Gasteiger partial charge in [0, 0.05) is 11.4 Å². The maximum atomic E-state index is 13.2. The van der Waals surface area contributed by atoms with E-state index in [1.165, 1.54) is 16.5 Å². The van der Waals surface area contributed by atoms with Crippen molar-refractivity contribution in [1.29, 1.82) is 0 Å². The van der Waals surface area contributed by atoms with Crippen LogP contribution >= 0.6 is 11.3 Å². The van der Waals surface area contributed by atoms with Gasteiger partial charge in [-0.2, -0.15) is 0 Å². The fourth-order valence-corrected chi connectivity index (χ4v) is 2.54. The lowest BCUT2D eigenvalue weighted by Crippen LogP contribution is -2.06. The van der Waals surface area contributed by atoms with Gasteiger partial charge in [0.05, 0.1) is 0 Å². The third-order valence-electron chi connectivity index (χ3n) is 2.58. The largest absolute Gasteiger partial charge is 0.316 e. The Morgan fingerprint density at radius 2 is 2.06 bits per heavy atom. The molecule has 2 rings (SSSR count). The van der Waals surface area contributed by atoms with Gasteiger partial charge < -0.3 is 5.32 Å². The van der Waals surface area contributed by atoms with Gasteiger partial charge in [-0.1, -0.05) is 6.07 Å². The van der Waals surface area contributed by atoms with Crippen molar-refractivity contribution in [2.24, 2.45) is 0 Å². The van der Waals surface area contributed by atoms with E-state index in [9.17, 15) is 4.39 Å². The van der Waals surface area contributed by atoms with Crippen molar-refractivity contribution >= 4 is 11.3 Å². The normalized spacial score (nSPS) is 10.7. The molecule has 3 heteroatoms. The zero-order valence-corrected chi connectivity index (χ0v) is 10.2. The van der Waals surface area contributed by atoms with Crippen LogP contribution in [0.1, 0.15) is 10.4 Å². The summed E-state index contributed by atoms with van der Waals surface area (Å²) in [5.41, 5.74) is 3.33. The Morgan fingerprint density at radius 3 is 2.69 bits per heavy atom. The summed E-state index contributed by atoms with van der Waals surface area (Å²) >= 11 is 1.72. The maximum Gasteiger partial charge on any atom is 0.123 e. The van der Waals surface area contributed by atoms with Crippen LogP contribution in [0.25, 0.3) is 11.1 Å². The standard InChI is InChI=1S/C13H14FNS/c1-9-12(5-6-16-9)13-4-3-11(14)7-10(13)8-15-2/h3-7,15H,8H2,1-2H3. The van der Waals surface area contributed by atoms with E-state index in [4.69, 9.17) is 0 Å². The van der Waals surface area contributed by atoms with Gasteiger partial charge in [0.2, 0.25) is 0 Å². The van der Waals surface area contributed by atoms with E-state index >= 15 is 0 Å². The number of aryl methyl sites for hydroxylation is 1. The average molecular weight is 235 g/mol. The molecule has 0 spiro atoms. The number of thiophene rings is 1. The predicted octanol–water partition coefficient (Wildman–Crippen LogP) is 3.58. The highest BCUT2D eigenvalue weighted by Crippen LogP contribution is 2.30. The summed E-state index contributed by atoms with van der Waals surface area (Å²) in [6, 6.07) is 7.07. The van der Waals surface area contributed by atoms with E-state index in [0.717, 1.165) is 11.1 Å². The molecule has 0 aliphatic heterocycles. The lowest BCUT2D eigenvalue weighted by atomic mass is 10.0. The molecule has 0 amide bonds. The molecule has 0 saturated carbocycles. The molecule has 0 atom stereocenters. The zero-order chi connectivity index (χ0) is 11.5. The SMILES string of the molecule is CNCc1cc(F)ccc1-c1ccsc1C. The molecule has 84 valence electrons. The average Bonchev–Trinajstić information content (AvgIpc) is 2.65. The molecule has 0 unspecified atom stereocenters. The van der Waals surface area contributed by atoms with Gasteiger partial charge in [0.15, 0.2) is 0 Å². The van der Waals surface area contributed by atoms with Crippen molar-refractivity contribution in [2.45, 2.75) is 13.5 Å². The minimum Gasteiger partial charge on any atom is -0.316 e. The molecule has 0 radical (unpaired) electrons. The van der Waals surface area contributed by atoms with Gasteiger partial charge in [0.1, 0.15) is 5.82 Å². The second-order valence-electron chi connectivity index (χ2n) is 3.72. The summed E-state index contributed by atoms with van der Waals surface area (Å²) in [6.07, 6.45) is 0. The molecule has 0 aliphatic rings. The molecule has 1 aromatic carbocycles. The third-order valence-corrected chi connectivity index (χ3v) is 3.43. The van der Waals surface area contributed by atoms with E-state index in [1.54, 1.807) is 17.4 Å². The van der Waals surface area contributed by atoms with Crippen LogP contribution in [0.15, 0.2) is 29.6 Å². The molecule has 0 bridgehead atoms. The van der Waals surface area contributed by atoms with E-state index in [1.807, 2.05) is 13.1 Å². The van der Waals surface area contributed by atoms with E-state index in [0.29, 0.717) is 6.54 Å². The second-order valence-corrected chi connectivity index (χ2v) is 4.84. The lowest BCUT2D eigenvalue weighted by molar-refractivity contribution is 0.624. The number of halogens is 1. The van der Waals surface area contributed by atoms with Crippen LogP contribution in [0.4, 0.5) is 4.39 Å². The van der Waals surface area contributed by atoms with Crippen LogP contribution in [0.5, 0.6) is 0 Å². The summed E-state index contributed by atoms with van der Waals surface area (Å²) in [5, 5.41) is 5.14. The van der Waals surface area contributed by atoms with Crippen LogP contribution in [-0.4, -0.2) is 7.05 Å². The van der Waals surface area contributed by atoms with Gasteiger partial charge >= 0.3 is 0 Å². The van der Waals surface area contributed by atoms with Crippen LogP contribution in [0, 0.1) is 12.7 Å². The molecule has 1 heterocycles. The number of rotatable bonds is 3. The Hall–Kier alpha value is -1.19. The Morgan fingerprint density at radius 1 is 1.25 bits per heavy atom. The maximum absolute atomic E-state index is 13.2. The third kappa shape index (κ3) is 2.15. The Bertz CT molecular complexity index is 490. The summed E-state index contributed by atoms with van der Waals surface area (Å²) in [6.45, 7) is 2.77. The first kappa shape index (κ1) is 11.3. The van der Waals surface area contributed by atoms with Crippen LogP contribution in [0.2, 0.25) is 0 Å². The molecule has 0 aliphatic carbocycles. The minimum atomic E-state index is -0.179. The summed E-state index contributed by atoms with van der Waals surface area (Å²) in [7, 11) is 1.87. The first-order chi connectivity index (χ1) is 7.72. The van der Waals surface area contributed by atoms with Crippen molar-refractivity contribution in [3.63, 3.8) is 0 Å². The van der Waals surface area contributed by atoms with Crippen molar-refractivity contribution in [3.05, 3.63) is 45.9 Å². The highest BCUT2D eigenvalue weighted by Gasteiger charge is 2.08. The molecular formula is C13H14FNS. The molecule has 1 N–H and O–H groups in total. The molecule has 1 aromatic heterocycles. The van der Waals surface area contributed by atoms with Crippen molar-refractivity contribution in [2.75, 3.05) is 7.05 Å². The highest BCUT2D eigenvalue weighted by atomic mass is 32.1. The fourth-order valence-electron chi connectivity index (χ4n) is 1.83. The van der Waals surface area contributed by atoms with Crippen molar-refractivity contribution < 1.29 is 4.39 Å². The van der Waals surface area contributed by atoms with Crippen LogP contribution < -0.4 is 5.32 Å². The van der Waals surface area contributed by atoms with Gasteiger partial charge in [-0.15, -0.1) is 11.3 Å². The fraction of sp³-hybridized carbons (Fsp3) is 0.231. The van der Waals surface area contributed by atoms with E-state index < -0.39 is 0 Å². The number of hydrogen-bond acceptors (Lipinski definition) is 2. The van der Waals surface area contributed by atoms with Crippen LogP contribution in [0.3, 0.4) is 0 Å². The molecule has 0 saturated heterocycles. The topological polar surface area (TPSA) is 12.0 Å². The molecule has 2 aromatic rings. The minimum absolute atomic E-state index is 0.179. The first-order valence-corrected chi connectivity index (χ1v) is 6.08. The lowest BCUT2D eigenvalue weighted by Gasteiger charge is -2.09. The smallest absolute Gasteiger partial charge is 0.123 e. The molecule has 16 heavy (non-hydrogen) atoms. The monoisotopic (exact) mass is 235 g/mol. The first-order valence-electron chi connectivity index (χ1n) is 5.20. The summed E-state index contributed by atoms with van der Waals surface area (Å²) in [4.78, 5) is 1.27. The number of hydrogen-bond donors (Lipinski definition) is 1. The quantitative estimate of drug-likeness (QED) is 0.857. The van der Waals surface area contributed by atoms with Gasteiger partial charge in [-0.05, 0) is 54.2 Å². The van der Waals surface area contributed by atoms with Crippen LogP contribution in [-0.2, 0) is 6.54 Å². The summed E-state index contributed by atoms with van der Waals surface area (Å²) < 4.78 is 13.2. The Balaban J connectivity index is 2.51. The number of nitrogens with one attached hydrogen (secondary N) is 1. The molecule has 0 fully saturated rings. The Labute approximate surface area is 98.9 Å². The molecule has 1 nitrogen and oxygen atoms in total. The van der Waals surface area contributed by atoms with E-state index in [-0.39, 0.29) is 5.82 Å². The zero-order valence-electron chi connectivity index (χ0n) is 9.38. The molecular weight excluding hydrogens is 221 g/mol. The predicted molar refractivity (Wildman–Crippen MR) is 67.2 cm³/mol. The van der Waals surface area contributed by atoms with Gasteiger partial charge in [-0.25, -0.2) is 4.39 Å². The second kappa shape index (κ2) is 4.76. The highest BCUT2D eigenvalue weighted by molar-refractivity contribution is 7.10.